The molecule has 5 heteroatoms. The van der Waals surface area contributed by atoms with Crippen LogP contribution in [0.15, 0.2) is 0 Å². The molecule has 0 saturated heterocycles. The Kier molecular flexibility index (Phi) is 6.34. The molecule has 0 rings (SSSR count). The lowest BCUT2D eigenvalue weighted by Gasteiger charge is -2.14. The van der Waals surface area contributed by atoms with E-state index in [0.717, 1.165) is 0 Å². The second kappa shape index (κ2) is 6.48. The predicted molar refractivity (Wildman–Crippen MR) is 47.2 cm³/mol. The molecule has 0 aliphatic carbocycles. The summed E-state index contributed by atoms with van der Waals surface area (Å²) in [7, 11) is 0. The Balaban J connectivity index is 3.35. The second-order valence-corrected chi connectivity index (χ2v) is 2.38. The van der Waals surface area contributed by atoms with Gasteiger partial charge in [-0.25, -0.2) is 0 Å². The Bertz CT molecular complexity index is 121. The Morgan fingerprint density at radius 2 is 2.18 bits per heavy atom. The zero-order valence-electron chi connectivity index (χ0n) is 6.58. The molecule has 0 amide bonds. The van der Waals surface area contributed by atoms with Crippen LogP contribution in [0.5, 0.6) is 0 Å². The molecule has 0 bridgehead atoms. The van der Waals surface area contributed by atoms with E-state index in [0.29, 0.717) is 18.2 Å². The summed E-state index contributed by atoms with van der Waals surface area (Å²) in [4.78, 5) is 0. The van der Waals surface area contributed by atoms with E-state index >= 15 is 0 Å². The van der Waals surface area contributed by atoms with Gasteiger partial charge in [0.05, 0.1) is 13.2 Å². The molecule has 0 aromatic heterocycles. The van der Waals surface area contributed by atoms with Crippen molar-refractivity contribution in [2.45, 2.75) is 13.2 Å². The van der Waals surface area contributed by atoms with Gasteiger partial charge in [-0.1, -0.05) is 0 Å². The summed E-state index contributed by atoms with van der Waals surface area (Å²) in [6.07, 6.45) is -0.352. The molecule has 1 atom stereocenters. The number of hydrogen-bond donors (Lipinski definition) is 2. The Labute approximate surface area is 71.8 Å². The maximum atomic E-state index is 5.20. The van der Waals surface area contributed by atoms with Crippen LogP contribution in [0.1, 0.15) is 6.92 Å². The summed E-state index contributed by atoms with van der Waals surface area (Å²) >= 11 is 4.72. The summed E-state index contributed by atoms with van der Waals surface area (Å²) in [5.74, 6) is 0. The van der Waals surface area contributed by atoms with Crippen LogP contribution in [0.25, 0.3) is 0 Å². The van der Waals surface area contributed by atoms with Gasteiger partial charge in [-0.15, -0.1) is 0 Å². The molecule has 0 aliphatic rings. The van der Waals surface area contributed by atoms with Crippen molar-refractivity contribution < 1.29 is 9.47 Å². The highest BCUT2D eigenvalue weighted by molar-refractivity contribution is 7.80. The van der Waals surface area contributed by atoms with Crippen LogP contribution in [-0.2, 0) is 9.47 Å². The Morgan fingerprint density at radius 3 is 2.64 bits per heavy atom. The van der Waals surface area contributed by atoms with E-state index in [2.05, 4.69) is 0 Å². The third-order valence-corrected chi connectivity index (χ3v) is 1.20. The largest absolute Gasteiger partial charge is 0.457 e. The van der Waals surface area contributed by atoms with Gasteiger partial charge in [0.15, 0.2) is 11.3 Å². The predicted octanol–water partition coefficient (Wildman–Crippen LogP) is -0.390. The highest BCUT2D eigenvalue weighted by Crippen LogP contribution is 1.93. The fraction of sp³-hybridized carbons (Fsp3) is 0.833. The number of nitrogens with two attached hydrogens (primary N) is 2. The van der Waals surface area contributed by atoms with Crippen molar-refractivity contribution in [2.75, 3.05) is 19.7 Å². The molecule has 0 heterocycles. The lowest BCUT2D eigenvalue weighted by Crippen LogP contribution is -2.24. The van der Waals surface area contributed by atoms with Gasteiger partial charge in [0.25, 0.3) is 0 Å². The minimum absolute atomic E-state index is 0.242. The van der Waals surface area contributed by atoms with Gasteiger partial charge in [0, 0.05) is 6.54 Å². The Morgan fingerprint density at radius 1 is 1.55 bits per heavy atom. The SMILES string of the molecule is CC(OCCN)OC(=S)CN. The quantitative estimate of drug-likeness (QED) is 0.443. The van der Waals surface area contributed by atoms with Gasteiger partial charge in [0.2, 0.25) is 0 Å². The topological polar surface area (TPSA) is 70.5 Å². The van der Waals surface area contributed by atoms with Crippen molar-refractivity contribution in [2.24, 2.45) is 11.5 Å². The normalized spacial score (nSPS) is 12.6. The number of rotatable bonds is 5. The van der Waals surface area contributed by atoms with Crippen molar-refractivity contribution >= 4 is 17.3 Å². The maximum absolute atomic E-state index is 5.20. The average molecular weight is 178 g/mol. The number of hydrogen-bond acceptors (Lipinski definition) is 5. The van der Waals surface area contributed by atoms with Crippen molar-refractivity contribution in [3.63, 3.8) is 0 Å². The average Bonchev–Trinajstić information content (AvgIpc) is 2.00. The first-order valence-electron chi connectivity index (χ1n) is 3.42. The van der Waals surface area contributed by atoms with Crippen molar-refractivity contribution in [3.05, 3.63) is 0 Å². The monoisotopic (exact) mass is 178 g/mol. The molecule has 66 valence electrons. The number of ether oxygens (including phenoxy) is 2. The molecule has 0 spiro atoms. The zero-order valence-corrected chi connectivity index (χ0v) is 7.39. The second-order valence-electron chi connectivity index (χ2n) is 1.92. The van der Waals surface area contributed by atoms with Crippen LogP contribution in [-0.4, -0.2) is 31.0 Å². The third kappa shape index (κ3) is 6.18. The molecule has 4 N–H and O–H groups in total. The first-order chi connectivity index (χ1) is 5.20. The molecule has 0 radical (unpaired) electrons. The van der Waals surface area contributed by atoms with Crippen LogP contribution < -0.4 is 11.5 Å². The van der Waals surface area contributed by atoms with Crippen LogP contribution in [0.3, 0.4) is 0 Å². The first kappa shape index (κ1) is 10.8. The minimum Gasteiger partial charge on any atom is -0.457 e. The molecular formula is C6H14N2O2S. The van der Waals surface area contributed by atoms with Crippen molar-refractivity contribution in [1.82, 2.24) is 0 Å². The first-order valence-corrected chi connectivity index (χ1v) is 3.82. The van der Waals surface area contributed by atoms with E-state index in [-0.39, 0.29) is 12.8 Å². The fourth-order valence-corrected chi connectivity index (χ4v) is 0.637. The molecule has 0 saturated carbocycles. The lowest BCUT2D eigenvalue weighted by atomic mass is 10.6. The molecule has 11 heavy (non-hydrogen) atoms. The van der Waals surface area contributed by atoms with Crippen LogP contribution >= 0.6 is 12.2 Å². The summed E-state index contributed by atoms with van der Waals surface area (Å²) in [5.41, 5.74) is 10.4. The summed E-state index contributed by atoms with van der Waals surface area (Å²) < 4.78 is 10.1. The summed E-state index contributed by atoms with van der Waals surface area (Å²) in [5, 5.41) is 0.356. The van der Waals surface area contributed by atoms with Crippen molar-refractivity contribution in [3.8, 4) is 0 Å². The van der Waals surface area contributed by atoms with E-state index in [1.807, 2.05) is 0 Å². The van der Waals surface area contributed by atoms with Gasteiger partial charge in [-0.3, -0.25) is 0 Å². The highest BCUT2D eigenvalue weighted by atomic mass is 32.1. The third-order valence-electron chi connectivity index (χ3n) is 0.934. The molecule has 0 aliphatic heterocycles. The molecule has 0 fully saturated rings. The van der Waals surface area contributed by atoms with Gasteiger partial charge in [-0.05, 0) is 19.1 Å². The smallest absolute Gasteiger partial charge is 0.197 e. The molecular weight excluding hydrogens is 164 g/mol. The molecule has 0 aromatic carbocycles. The fourth-order valence-electron chi connectivity index (χ4n) is 0.501. The van der Waals surface area contributed by atoms with Crippen LogP contribution in [0.2, 0.25) is 0 Å². The van der Waals surface area contributed by atoms with E-state index in [1.165, 1.54) is 0 Å². The molecule has 0 aromatic rings. The molecule has 4 nitrogen and oxygen atoms in total. The van der Waals surface area contributed by atoms with Crippen molar-refractivity contribution in [1.29, 1.82) is 0 Å². The van der Waals surface area contributed by atoms with Gasteiger partial charge in [-0.2, -0.15) is 0 Å². The highest BCUT2D eigenvalue weighted by Gasteiger charge is 2.02. The van der Waals surface area contributed by atoms with E-state index in [9.17, 15) is 0 Å². The number of thiocarbonyl (C=S) groups is 1. The van der Waals surface area contributed by atoms with E-state index in [1.54, 1.807) is 6.92 Å². The van der Waals surface area contributed by atoms with Gasteiger partial charge in [0.1, 0.15) is 0 Å². The zero-order chi connectivity index (χ0) is 8.69. The van der Waals surface area contributed by atoms with Gasteiger partial charge < -0.3 is 20.9 Å². The molecule has 1 unspecified atom stereocenters. The van der Waals surface area contributed by atoms with Crippen LogP contribution in [0, 0.1) is 0 Å². The van der Waals surface area contributed by atoms with Crippen LogP contribution in [0.4, 0.5) is 0 Å². The minimum atomic E-state index is -0.352. The summed E-state index contributed by atoms with van der Waals surface area (Å²) in [6.45, 7) is 2.93. The maximum Gasteiger partial charge on any atom is 0.197 e. The van der Waals surface area contributed by atoms with E-state index in [4.69, 9.17) is 33.2 Å². The van der Waals surface area contributed by atoms with E-state index < -0.39 is 0 Å². The Hall–Kier alpha value is -0.230. The summed E-state index contributed by atoms with van der Waals surface area (Å²) in [6, 6.07) is 0. The van der Waals surface area contributed by atoms with Gasteiger partial charge >= 0.3 is 0 Å². The standard InChI is InChI=1S/C6H14N2O2S/c1-5(9-3-2-7)10-6(11)4-8/h5H,2-4,7-8H2,1H3. The lowest BCUT2D eigenvalue weighted by molar-refractivity contribution is -0.0705.